The van der Waals surface area contributed by atoms with E-state index < -0.39 is 27.2 Å². The Kier molecular flexibility index (Phi) is 3.95. The molecule has 2 rings (SSSR count). The molecule has 1 amide bonds. The highest BCUT2D eigenvalue weighted by Crippen LogP contribution is 2.26. The maximum Gasteiger partial charge on any atom is 0.471 e. The number of aromatic nitrogens is 3. The molecule has 1 aromatic heterocycles. The molecule has 1 aliphatic rings. The van der Waals surface area contributed by atoms with Crippen LogP contribution < -0.4 is 0 Å². The monoisotopic (exact) mass is 326 g/mol. The average Bonchev–Trinajstić information content (AvgIpc) is 2.84. The van der Waals surface area contributed by atoms with Crippen molar-refractivity contribution in [1.29, 1.82) is 0 Å². The zero-order valence-electron chi connectivity index (χ0n) is 11.0. The number of aryl methyl sites for hydroxylation is 1. The minimum atomic E-state index is -4.94. The first-order chi connectivity index (χ1) is 9.64. The molecule has 0 bridgehead atoms. The minimum absolute atomic E-state index is 0.0585. The lowest BCUT2D eigenvalue weighted by Crippen LogP contribution is -2.47. The van der Waals surface area contributed by atoms with Crippen molar-refractivity contribution in [3.63, 3.8) is 0 Å². The van der Waals surface area contributed by atoms with Crippen molar-refractivity contribution >= 4 is 15.7 Å². The van der Waals surface area contributed by atoms with Crippen molar-refractivity contribution in [3.8, 4) is 0 Å². The van der Waals surface area contributed by atoms with Crippen LogP contribution in [0.1, 0.15) is 12.8 Å². The standard InChI is InChI=1S/C10H13F3N4O3S/c1-16-6-14-15-9(16)21(19,20)7-2-4-17(5-3-7)8(18)10(11,12)13/h6-7H,2-5H2,1H3. The Balaban J connectivity index is 2.08. The molecule has 0 aliphatic carbocycles. The van der Waals surface area contributed by atoms with E-state index in [1.54, 1.807) is 0 Å². The number of alkyl halides is 3. The van der Waals surface area contributed by atoms with Crippen LogP contribution in [0.5, 0.6) is 0 Å². The zero-order chi connectivity index (χ0) is 15.8. The molecule has 7 nitrogen and oxygen atoms in total. The zero-order valence-corrected chi connectivity index (χ0v) is 11.9. The number of carbonyl (C=O) groups excluding carboxylic acids is 1. The second-order valence-corrected chi connectivity index (χ2v) is 6.88. The highest BCUT2D eigenvalue weighted by Gasteiger charge is 2.44. The van der Waals surface area contributed by atoms with Gasteiger partial charge in [0.2, 0.25) is 15.0 Å². The predicted molar refractivity (Wildman–Crippen MR) is 63.8 cm³/mol. The van der Waals surface area contributed by atoms with Crippen LogP contribution in [0.4, 0.5) is 13.2 Å². The number of rotatable bonds is 2. The second kappa shape index (κ2) is 5.28. The smallest absolute Gasteiger partial charge is 0.335 e. The molecule has 1 aromatic rings. The Morgan fingerprint density at radius 1 is 1.33 bits per heavy atom. The van der Waals surface area contributed by atoms with E-state index >= 15 is 0 Å². The lowest BCUT2D eigenvalue weighted by atomic mass is 10.1. The van der Waals surface area contributed by atoms with Crippen molar-refractivity contribution in [2.45, 2.75) is 29.4 Å². The summed E-state index contributed by atoms with van der Waals surface area (Å²) < 4.78 is 62.8. The van der Waals surface area contributed by atoms with E-state index in [0.717, 1.165) is 0 Å². The Bertz CT molecular complexity index is 632. The molecule has 0 saturated carbocycles. The van der Waals surface area contributed by atoms with E-state index in [1.807, 2.05) is 0 Å². The van der Waals surface area contributed by atoms with Gasteiger partial charge >= 0.3 is 12.1 Å². The first kappa shape index (κ1) is 15.7. The number of halogens is 3. The van der Waals surface area contributed by atoms with E-state index in [-0.39, 0.29) is 31.1 Å². The molecule has 1 fully saturated rings. The summed E-state index contributed by atoms with van der Waals surface area (Å²) in [4.78, 5) is 11.7. The molecule has 0 radical (unpaired) electrons. The Labute approximate surface area is 118 Å². The van der Waals surface area contributed by atoms with E-state index in [4.69, 9.17) is 0 Å². The lowest BCUT2D eigenvalue weighted by molar-refractivity contribution is -0.186. The maximum atomic E-state index is 12.3. The summed E-state index contributed by atoms with van der Waals surface area (Å²) in [5, 5.41) is 5.92. The van der Waals surface area contributed by atoms with Crippen LogP contribution in [0.3, 0.4) is 0 Å². The van der Waals surface area contributed by atoms with Gasteiger partial charge in [0.1, 0.15) is 6.33 Å². The minimum Gasteiger partial charge on any atom is -0.335 e. The molecule has 0 atom stereocenters. The largest absolute Gasteiger partial charge is 0.471 e. The van der Waals surface area contributed by atoms with Gasteiger partial charge in [-0.15, -0.1) is 10.2 Å². The van der Waals surface area contributed by atoms with Gasteiger partial charge in [0.25, 0.3) is 0 Å². The summed E-state index contributed by atoms with van der Waals surface area (Å²) in [5.74, 6) is -1.93. The van der Waals surface area contributed by atoms with Crippen molar-refractivity contribution in [2.75, 3.05) is 13.1 Å². The van der Waals surface area contributed by atoms with E-state index in [1.165, 1.54) is 17.9 Å². The summed E-state index contributed by atoms with van der Waals surface area (Å²) >= 11 is 0. The first-order valence-electron chi connectivity index (χ1n) is 6.08. The molecule has 2 heterocycles. The third-order valence-corrected chi connectivity index (χ3v) is 5.56. The molecule has 11 heteroatoms. The van der Waals surface area contributed by atoms with Gasteiger partial charge in [-0.25, -0.2) is 8.42 Å². The average molecular weight is 326 g/mol. The van der Waals surface area contributed by atoms with Gasteiger partial charge < -0.3 is 9.47 Å². The van der Waals surface area contributed by atoms with Crippen molar-refractivity contribution in [2.24, 2.45) is 7.05 Å². The summed E-state index contributed by atoms with van der Waals surface area (Å²) in [6.07, 6.45) is -3.82. The number of piperidine rings is 1. The SMILES string of the molecule is Cn1cnnc1S(=O)(=O)C1CCN(C(=O)C(F)(F)F)CC1. The summed E-state index contributed by atoms with van der Waals surface area (Å²) in [6, 6.07) is 0. The number of sulfone groups is 1. The van der Waals surface area contributed by atoms with Crippen LogP contribution >= 0.6 is 0 Å². The normalized spacial score (nSPS) is 18.0. The molecular weight excluding hydrogens is 313 g/mol. The summed E-state index contributed by atoms with van der Waals surface area (Å²) in [5.41, 5.74) is 0. The van der Waals surface area contributed by atoms with Crippen molar-refractivity contribution in [1.82, 2.24) is 19.7 Å². The molecule has 0 spiro atoms. The molecule has 0 unspecified atom stereocenters. The third kappa shape index (κ3) is 3.01. The molecule has 1 aliphatic heterocycles. The molecule has 0 aromatic carbocycles. The molecule has 0 N–H and O–H groups in total. The van der Waals surface area contributed by atoms with Gasteiger partial charge in [0.05, 0.1) is 5.25 Å². The summed E-state index contributed by atoms with van der Waals surface area (Å²) in [6.45, 7) is -0.500. The number of hydrogen-bond donors (Lipinski definition) is 0. The van der Waals surface area contributed by atoms with Crippen molar-refractivity contribution in [3.05, 3.63) is 6.33 Å². The van der Waals surface area contributed by atoms with E-state index in [9.17, 15) is 26.4 Å². The van der Waals surface area contributed by atoms with Crippen LogP contribution in [-0.4, -0.2) is 58.5 Å². The van der Waals surface area contributed by atoms with Crippen molar-refractivity contribution < 1.29 is 26.4 Å². The van der Waals surface area contributed by atoms with Gasteiger partial charge in [0, 0.05) is 20.1 Å². The van der Waals surface area contributed by atoms with Crippen LogP contribution in [0.2, 0.25) is 0 Å². The quantitative estimate of drug-likeness (QED) is 0.772. The number of nitrogens with zero attached hydrogens (tertiary/aromatic N) is 4. The van der Waals surface area contributed by atoms with Gasteiger partial charge in [-0.2, -0.15) is 13.2 Å². The Morgan fingerprint density at radius 2 is 1.90 bits per heavy atom. The fraction of sp³-hybridized carbons (Fsp3) is 0.700. The number of amides is 1. The second-order valence-electron chi connectivity index (χ2n) is 4.76. The maximum absolute atomic E-state index is 12.3. The van der Waals surface area contributed by atoms with Crippen LogP contribution in [0.15, 0.2) is 11.5 Å². The lowest BCUT2D eigenvalue weighted by Gasteiger charge is -2.31. The molecule has 118 valence electrons. The number of carbonyl (C=O) groups is 1. The van der Waals surface area contributed by atoms with E-state index in [0.29, 0.717) is 4.90 Å². The fourth-order valence-corrected chi connectivity index (χ4v) is 3.97. The number of hydrogen-bond acceptors (Lipinski definition) is 5. The van der Waals surface area contributed by atoms with Gasteiger partial charge in [0.15, 0.2) is 0 Å². The predicted octanol–water partition coefficient (Wildman–Crippen LogP) is 0.142. The van der Waals surface area contributed by atoms with E-state index in [2.05, 4.69) is 10.2 Å². The van der Waals surface area contributed by atoms with Gasteiger partial charge in [-0.1, -0.05) is 0 Å². The van der Waals surface area contributed by atoms with Crippen LogP contribution in [0.25, 0.3) is 0 Å². The van der Waals surface area contributed by atoms with Gasteiger partial charge in [-0.3, -0.25) is 4.79 Å². The number of likely N-dealkylation sites (tertiary alicyclic amines) is 1. The highest BCUT2D eigenvalue weighted by atomic mass is 32.2. The Hall–Kier alpha value is -1.65. The topological polar surface area (TPSA) is 85.2 Å². The molecular formula is C10H13F3N4O3S. The van der Waals surface area contributed by atoms with Crippen LogP contribution in [0, 0.1) is 0 Å². The summed E-state index contributed by atoms with van der Waals surface area (Å²) in [7, 11) is -2.30. The fourth-order valence-electron chi connectivity index (χ4n) is 2.23. The van der Waals surface area contributed by atoms with Crippen LogP contribution in [-0.2, 0) is 21.7 Å². The third-order valence-electron chi connectivity index (χ3n) is 3.33. The van der Waals surface area contributed by atoms with Gasteiger partial charge in [-0.05, 0) is 12.8 Å². The highest BCUT2D eigenvalue weighted by molar-refractivity contribution is 7.91. The Morgan fingerprint density at radius 3 is 2.33 bits per heavy atom. The molecule has 21 heavy (non-hydrogen) atoms. The molecule has 1 saturated heterocycles. The first-order valence-corrected chi connectivity index (χ1v) is 7.62.